The van der Waals surface area contributed by atoms with Crippen molar-refractivity contribution < 1.29 is 9.53 Å². The van der Waals surface area contributed by atoms with Gasteiger partial charge in [0.15, 0.2) is 0 Å². The molecule has 0 saturated carbocycles. The van der Waals surface area contributed by atoms with E-state index >= 15 is 0 Å². The molecule has 2 rings (SSSR count). The molecule has 0 bridgehead atoms. The number of halogens is 1. The van der Waals surface area contributed by atoms with Crippen molar-refractivity contribution in [2.75, 3.05) is 7.11 Å². The van der Waals surface area contributed by atoms with Crippen LogP contribution in [0.1, 0.15) is 29.5 Å². The highest BCUT2D eigenvalue weighted by atomic mass is 35.5. The standard InChI is InChI=1S/C14H19NO2.ClH/c1-17-14(16)13(15)9-11-7-4-6-10-5-2-3-8-12(10)11;/h4,6-7,13H,2-3,5,8-9,15H2,1H3;1H/t13-;/m1./s1. The largest absolute Gasteiger partial charge is 0.468 e. The van der Waals surface area contributed by atoms with Gasteiger partial charge in [-0.05, 0) is 48.8 Å². The zero-order chi connectivity index (χ0) is 12.3. The van der Waals surface area contributed by atoms with Crippen molar-refractivity contribution in [2.45, 2.75) is 38.1 Å². The first kappa shape index (κ1) is 15.0. The minimum atomic E-state index is -0.548. The number of rotatable bonds is 3. The van der Waals surface area contributed by atoms with Gasteiger partial charge in [-0.15, -0.1) is 12.4 Å². The van der Waals surface area contributed by atoms with E-state index in [1.807, 2.05) is 0 Å². The van der Waals surface area contributed by atoms with Gasteiger partial charge >= 0.3 is 5.97 Å². The van der Waals surface area contributed by atoms with Gasteiger partial charge in [-0.3, -0.25) is 4.79 Å². The minimum Gasteiger partial charge on any atom is -0.468 e. The molecule has 0 spiro atoms. The van der Waals surface area contributed by atoms with E-state index in [2.05, 4.69) is 22.9 Å². The van der Waals surface area contributed by atoms with Gasteiger partial charge in [0.25, 0.3) is 0 Å². The predicted octanol–water partition coefficient (Wildman–Crippen LogP) is 2.03. The Morgan fingerprint density at radius 2 is 2.11 bits per heavy atom. The Morgan fingerprint density at radius 3 is 2.83 bits per heavy atom. The molecule has 0 fully saturated rings. The molecule has 0 radical (unpaired) electrons. The van der Waals surface area contributed by atoms with Crippen LogP contribution in [0.4, 0.5) is 0 Å². The lowest BCUT2D eigenvalue weighted by atomic mass is 9.86. The number of aryl methyl sites for hydroxylation is 1. The van der Waals surface area contributed by atoms with Gasteiger partial charge in [-0.1, -0.05) is 18.2 Å². The molecule has 0 saturated heterocycles. The van der Waals surface area contributed by atoms with Crippen LogP contribution in [0.15, 0.2) is 18.2 Å². The van der Waals surface area contributed by atoms with E-state index in [0.717, 1.165) is 12.8 Å². The summed E-state index contributed by atoms with van der Waals surface area (Å²) in [5.41, 5.74) is 9.85. The molecule has 18 heavy (non-hydrogen) atoms. The molecule has 100 valence electrons. The lowest BCUT2D eigenvalue weighted by molar-refractivity contribution is -0.142. The second kappa shape index (κ2) is 6.76. The molecule has 1 aliphatic carbocycles. The van der Waals surface area contributed by atoms with Crippen molar-refractivity contribution in [2.24, 2.45) is 5.73 Å². The average molecular weight is 270 g/mol. The fourth-order valence-corrected chi connectivity index (χ4v) is 2.52. The molecule has 1 aromatic rings. The Hall–Kier alpha value is -1.06. The fraction of sp³-hybridized carbons (Fsp3) is 0.500. The fourth-order valence-electron chi connectivity index (χ4n) is 2.52. The molecule has 1 atom stereocenters. The van der Waals surface area contributed by atoms with Crippen molar-refractivity contribution in [3.8, 4) is 0 Å². The number of esters is 1. The van der Waals surface area contributed by atoms with E-state index in [1.165, 1.54) is 36.6 Å². The molecular formula is C14H20ClNO2. The number of hydrogen-bond acceptors (Lipinski definition) is 3. The summed E-state index contributed by atoms with van der Waals surface area (Å²) in [4.78, 5) is 11.3. The van der Waals surface area contributed by atoms with Crippen molar-refractivity contribution in [3.05, 3.63) is 34.9 Å². The molecule has 4 heteroatoms. The zero-order valence-corrected chi connectivity index (χ0v) is 11.5. The number of ether oxygens (including phenoxy) is 1. The summed E-state index contributed by atoms with van der Waals surface area (Å²) in [6, 6.07) is 5.77. The highest BCUT2D eigenvalue weighted by Gasteiger charge is 2.18. The van der Waals surface area contributed by atoms with Gasteiger partial charge < -0.3 is 10.5 Å². The number of fused-ring (bicyclic) bond motifs is 1. The van der Waals surface area contributed by atoms with Gasteiger partial charge in [-0.25, -0.2) is 0 Å². The van der Waals surface area contributed by atoms with Gasteiger partial charge in [0.05, 0.1) is 7.11 Å². The van der Waals surface area contributed by atoms with Crippen molar-refractivity contribution in [1.29, 1.82) is 0 Å². The summed E-state index contributed by atoms with van der Waals surface area (Å²) in [6.45, 7) is 0. The van der Waals surface area contributed by atoms with Crippen LogP contribution in [-0.2, 0) is 28.8 Å². The highest BCUT2D eigenvalue weighted by molar-refractivity contribution is 5.85. The predicted molar refractivity (Wildman–Crippen MR) is 74.0 cm³/mol. The molecule has 1 aliphatic rings. The van der Waals surface area contributed by atoms with E-state index in [1.54, 1.807) is 0 Å². The van der Waals surface area contributed by atoms with E-state index < -0.39 is 6.04 Å². The lowest BCUT2D eigenvalue weighted by Crippen LogP contribution is -2.34. The highest BCUT2D eigenvalue weighted by Crippen LogP contribution is 2.25. The second-order valence-electron chi connectivity index (χ2n) is 4.60. The number of nitrogens with two attached hydrogens (primary N) is 1. The normalized spacial score (nSPS) is 15.2. The van der Waals surface area contributed by atoms with Crippen LogP contribution in [0.25, 0.3) is 0 Å². The number of carbonyl (C=O) groups is 1. The maximum atomic E-state index is 11.3. The molecule has 0 amide bonds. The third-order valence-electron chi connectivity index (χ3n) is 3.44. The Kier molecular flexibility index (Phi) is 5.63. The van der Waals surface area contributed by atoms with Crippen molar-refractivity contribution >= 4 is 18.4 Å². The monoisotopic (exact) mass is 269 g/mol. The third kappa shape index (κ3) is 3.24. The maximum Gasteiger partial charge on any atom is 0.322 e. The number of hydrogen-bond donors (Lipinski definition) is 1. The first-order valence-electron chi connectivity index (χ1n) is 6.15. The molecule has 1 aromatic carbocycles. The van der Waals surface area contributed by atoms with Crippen LogP contribution in [0.5, 0.6) is 0 Å². The van der Waals surface area contributed by atoms with Gasteiger partial charge in [0, 0.05) is 0 Å². The Labute approximate surface area is 114 Å². The number of benzene rings is 1. The maximum absolute atomic E-state index is 11.3. The zero-order valence-electron chi connectivity index (χ0n) is 10.6. The van der Waals surface area contributed by atoms with Crippen LogP contribution >= 0.6 is 12.4 Å². The van der Waals surface area contributed by atoms with Crippen LogP contribution in [0, 0.1) is 0 Å². The first-order valence-corrected chi connectivity index (χ1v) is 6.15. The summed E-state index contributed by atoms with van der Waals surface area (Å²) in [5.74, 6) is -0.335. The summed E-state index contributed by atoms with van der Waals surface area (Å²) in [5, 5.41) is 0. The smallest absolute Gasteiger partial charge is 0.322 e. The van der Waals surface area contributed by atoms with Gasteiger partial charge in [-0.2, -0.15) is 0 Å². The first-order chi connectivity index (χ1) is 8.22. The Balaban J connectivity index is 0.00000162. The van der Waals surface area contributed by atoms with Crippen LogP contribution in [0.3, 0.4) is 0 Å². The molecule has 2 N–H and O–H groups in total. The van der Waals surface area contributed by atoms with Crippen LogP contribution in [-0.4, -0.2) is 19.1 Å². The van der Waals surface area contributed by atoms with Crippen molar-refractivity contribution in [1.82, 2.24) is 0 Å². The van der Waals surface area contributed by atoms with E-state index in [0.29, 0.717) is 6.42 Å². The number of methoxy groups -OCH3 is 1. The Bertz CT molecular complexity index is 420. The topological polar surface area (TPSA) is 52.3 Å². The van der Waals surface area contributed by atoms with Crippen LogP contribution < -0.4 is 5.73 Å². The summed E-state index contributed by atoms with van der Waals surface area (Å²) in [7, 11) is 1.38. The molecular weight excluding hydrogens is 250 g/mol. The van der Waals surface area contributed by atoms with Crippen LogP contribution in [0.2, 0.25) is 0 Å². The minimum absolute atomic E-state index is 0. The SMILES string of the molecule is COC(=O)[C@H](N)Cc1cccc2c1CCCC2.Cl. The van der Waals surface area contributed by atoms with Gasteiger partial charge in [0.2, 0.25) is 0 Å². The molecule has 3 nitrogen and oxygen atoms in total. The Morgan fingerprint density at radius 1 is 1.39 bits per heavy atom. The summed E-state index contributed by atoms with van der Waals surface area (Å²) >= 11 is 0. The van der Waals surface area contributed by atoms with E-state index in [-0.39, 0.29) is 18.4 Å². The van der Waals surface area contributed by atoms with E-state index in [4.69, 9.17) is 5.73 Å². The molecule has 0 aromatic heterocycles. The second-order valence-corrected chi connectivity index (χ2v) is 4.60. The number of carbonyl (C=O) groups excluding carboxylic acids is 1. The summed E-state index contributed by atoms with van der Waals surface area (Å²) < 4.78 is 4.66. The summed E-state index contributed by atoms with van der Waals surface area (Å²) in [6.07, 6.45) is 5.34. The lowest BCUT2D eigenvalue weighted by Gasteiger charge is -2.20. The average Bonchev–Trinajstić information content (AvgIpc) is 2.38. The quantitative estimate of drug-likeness (QED) is 0.855. The van der Waals surface area contributed by atoms with Gasteiger partial charge in [0.1, 0.15) is 6.04 Å². The van der Waals surface area contributed by atoms with Crippen molar-refractivity contribution in [3.63, 3.8) is 0 Å². The molecule has 0 heterocycles. The molecule has 0 aliphatic heterocycles. The van der Waals surface area contributed by atoms with E-state index in [9.17, 15) is 4.79 Å². The third-order valence-corrected chi connectivity index (χ3v) is 3.44. The molecule has 0 unspecified atom stereocenters.